The van der Waals surface area contributed by atoms with E-state index in [2.05, 4.69) is 9.62 Å². The Morgan fingerprint density at radius 2 is 2.00 bits per heavy atom. The van der Waals surface area contributed by atoms with Gasteiger partial charge in [-0.05, 0) is 56.6 Å². The Morgan fingerprint density at radius 3 is 2.70 bits per heavy atom. The predicted octanol–water partition coefficient (Wildman–Crippen LogP) is 0.943. The summed E-state index contributed by atoms with van der Waals surface area (Å²) in [6.07, 6.45) is 3.32. The molecule has 6 heteroatoms. The van der Waals surface area contributed by atoms with Gasteiger partial charge < -0.3 is 10.0 Å². The fourth-order valence-electron chi connectivity index (χ4n) is 2.41. The highest BCUT2D eigenvalue weighted by molar-refractivity contribution is 7.89. The Balaban J connectivity index is 1.83. The highest BCUT2D eigenvalue weighted by Crippen LogP contribution is 2.12. The lowest BCUT2D eigenvalue weighted by Crippen LogP contribution is -2.28. The molecule has 0 atom stereocenters. The van der Waals surface area contributed by atoms with Gasteiger partial charge >= 0.3 is 0 Å². The standard InChI is InChI=1S/C14H22N2O3S/c17-12-13-5-3-6-14(11-13)20(18,19)15-7-4-10-16-8-1-2-9-16/h3,5-6,11,15,17H,1-2,4,7-10,12H2. The molecule has 20 heavy (non-hydrogen) atoms. The van der Waals surface area contributed by atoms with E-state index in [4.69, 9.17) is 5.11 Å². The molecule has 5 nitrogen and oxygen atoms in total. The average Bonchev–Trinajstić information content (AvgIpc) is 2.97. The van der Waals surface area contributed by atoms with Gasteiger partial charge in [0, 0.05) is 6.54 Å². The Bertz CT molecular complexity index is 525. The van der Waals surface area contributed by atoms with Crippen molar-refractivity contribution in [2.24, 2.45) is 0 Å². The highest BCUT2D eigenvalue weighted by Gasteiger charge is 2.15. The number of aliphatic hydroxyl groups is 1. The first-order valence-corrected chi connectivity index (χ1v) is 8.52. The van der Waals surface area contributed by atoms with Crippen molar-refractivity contribution in [3.8, 4) is 0 Å². The summed E-state index contributed by atoms with van der Waals surface area (Å²) in [5.41, 5.74) is 0.602. The second-order valence-corrected chi connectivity index (χ2v) is 6.87. The molecule has 1 aliphatic rings. The topological polar surface area (TPSA) is 69.6 Å². The zero-order chi connectivity index (χ0) is 14.4. The molecule has 1 fully saturated rings. The van der Waals surface area contributed by atoms with Crippen molar-refractivity contribution in [3.05, 3.63) is 29.8 Å². The highest BCUT2D eigenvalue weighted by atomic mass is 32.2. The van der Waals surface area contributed by atoms with Crippen LogP contribution in [0.25, 0.3) is 0 Å². The van der Waals surface area contributed by atoms with Crippen LogP contribution in [0.3, 0.4) is 0 Å². The number of aliphatic hydroxyl groups excluding tert-OH is 1. The third kappa shape index (κ3) is 4.28. The first-order valence-electron chi connectivity index (χ1n) is 7.03. The summed E-state index contributed by atoms with van der Waals surface area (Å²) in [5, 5.41) is 9.04. The molecule has 0 amide bonds. The van der Waals surface area contributed by atoms with Crippen LogP contribution in [-0.2, 0) is 16.6 Å². The Morgan fingerprint density at radius 1 is 1.25 bits per heavy atom. The minimum Gasteiger partial charge on any atom is -0.392 e. The van der Waals surface area contributed by atoms with Gasteiger partial charge in [0.15, 0.2) is 0 Å². The van der Waals surface area contributed by atoms with Gasteiger partial charge in [0.2, 0.25) is 10.0 Å². The van der Waals surface area contributed by atoms with Gasteiger partial charge in [-0.15, -0.1) is 0 Å². The third-order valence-electron chi connectivity index (χ3n) is 3.53. The Labute approximate surface area is 120 Å². The Kier molecular flexibility index (Phi) is 5.54. The quantitative estimate of drug-likeness (QED) is 0.735. The van der Waals surface area contributed by atoms with E-state index in [1.54, 1.807) is 18.2 Å². The van der Waals surface area contributed by atoms with E-state index < -0.39 is 10.0 Å². The van der Waals surface area contributed by atoms with E-state index in [-0.39, 0.29) is 11.5 Å². The van der Waals surface area contributed by atoms with Crippen LogP contribution in [0.2, 0.25) is 0 Å². The van der Waals surface area contributed by atoms with Gasteiger partial charge in [0.1, 0.15) is 0 Å². The molecular weight excluding hydrogens is 276 g/mol. The van der Waals surface area contributed by atoms with Crippen molar-refractivity contribution in [1.82, 2.24) is 9.62 Å². The molecular formula is C14H22N2O3S. The zero-order valence-electron chi connectivity index (χ0n) is 11.6. The van der Waals surface area contributed by atoms with Gasteiger partial charge in [-0.25, -0.2) is 13.1 Å². The van der Waals surface area contributed by atoms with Crippen LogP contribution in [0.1, 0.15) is 24.8 Å². The van der Waals surface area contributed by atoms with E-state index in [1.165, 1.54) is 18.9 Å². The van der Waals surface area contributed by atoms with Crippen molar-refractivity contribution in [2.75, 3.05) is 26.2 Å². The fraction of sp³-hybridized carbons (Fsp3) is 0.571. The van der Waals surface area contributed by atoms with Gasteiger partial charge in [-0.3, -0.25) is 0 Å². The molecule has 0 spiro atoms. The van der Waals surface area contributed by atoms with Gasteiger partial charge in [0.25, 0.3) is 0 Å². The summed E-state index contributed by atoms with van der Waals surface area (Å²) in [4.78, 5) is 2.57. The predicted molar refractivity (Wildman–Crippen MR) is 77.8 cm³/mol. The van der Waals surface area contributed by atoms with Crippen LogP contribution in [-0.4, -0.2) is 44.6 Å². The molecule has 0 aromatic heterocycles. The number of likely N-dealkylation sites (tertiary alicyclic amines) is 1. The second-order valence-electron chi connectivity index (χ2n) is 5.11. The number of nitrogens with one attached hydrogen (secondary N) is 1. The third-order valence-corrected chi connectivity index (χ3v) is 4.99. The van der Waals surface area contributed by atoms with Crippen LogP contribution >= 0.6 is 0 Å². The minimum atomic E-state index is -3.47. The number of hydrogen-bond donors (Lipinski definition) is 2. The molecule has 0 saturated carbocycles. The molecule has 1 aromatic carbocycles. The van der Waals surface area contributed by atoms with Crippen LogP contribution in [0, 0.1) is 0 Å². The van der Waals surface area contributed by atoms with Crippen molar-refractivity contribution in [3.63, 3.8) is 0 Å². The normalized spacial score (nSPS) is 16.6. The number of nitrogens with zero attached hydrogens (tertiary/aromatic N) is 1. The maximum absolute atomic E-state index is 12.1. The number of hydrogen-bond acceptors (Lipinski definition) is 4. The summed E-state index contributed by atoms with van der Waals surface area (Å²) in [5.74, 6) is 0. The number of benzene rings is 1. The summed E-state index contributed by atoms with van der Waals surface area (Å²) >= 11 is 0. The van der Waals surface area contributed by atoms with E-state index in [9.17, 15) is 8.42 Å². The SMILES string of the molecule is O=S(=O)(NCCCN1CCCC1)c1cccc(CO)c1. The molecule has 1 aliphatic heterocycles. The monoisotopic (exact) mass is 298 g/mol. The molecule has 2 rings (SSSR count). The maximum atomic E-state index is 12.1. The average molecular weight is 298 g/mol. The molecule has 1 aromatic rings. The van der Waals surface area contributed by atoms with Crippen molar-refractivity contribution in [2.45, 2.75) is 30.8 Å². The zero-order valence-corrected chi connectivity index (χ0v) is 12.4. The fourth-order valence-corrected chi connectivity index (χ4v) is 3.55. The molecule has 1 heterocycles. The van der Waals surface area contributed by atoms with Gasteiger partial charge in [-0.1, -0.05) is 12.1 Å². The van der Waals surface area contributed by atoms with Crippen molar-refractivity contribution >= 4 is 10.0 Å². The lowest BCUT2D eigenvalue weighted by molar-refractivity contribution is 0.281. The van der Waals surface area contributed by atoms with Crippen LogP contribution in [0.5, 0.6) is 0 Å². The molecule has 2 N–H and O–H groups in total. The van der Waals surface area contributed by atoms with Crippen molar-refractivity contribution in [1.29, 1.82) is 0 Å². The summed E-state index contributed by atoms with van der Waals surface area (Å²) in [6, 6.07) is 6.39. The summed E-state index contributed by atoms with van der Waals surface area (Å²) in [7, 11) is -3.47. The first kappa shape index (κ1) is 15.4. The van der Waals surface area contributed by atoms with E-state index in [0.29, 0.717) is 12.1 Å². The van der Waals surface area contributed by atoms with Crippen LogP contribution in [0.15, 0.2) is 29.2 Å². The smallest absolute Gasteiger partial charge is 0.240 e. The number of sulfonamides is 1. The van der Waals surface area contributed by atoms with E-state index >= 15 is 0 Å². The first-order chi connectivity index (χ1) is 9.62. The van der Waals surface area contributed by atoms with Gasteiger partial charge in [-0.2, -0.15) is 0 Å². The molecule has 0 unspecified atom stereocenters. The van der Waals surface area contributed by atoms with E-state index in [0.717, 1.165) is 26.1 Å². The largest absolute Gasteiger partial charge is 0.392 e. The molecule has 0 aliphatic carbocycles. The van der Waals surface area contributed by atoms with Gasteiger partial charge in [0.05, 0.1) is 11.5 Å². The second kappa shape index (κ2) is 7.17. The lowest BCUT2D eigenvalue weighted by atomic mass is 10.2. The molecule has 0 bridgehead atoms. The summed E-state index contributed by atoms with van der Waals surface area (Å²) in [6.45, 7) is 3.50. The molecule has 0 radical (unpaired) electrons. The van der Waals surface area contributed by atoms with Crippen molar-refractivity contribution < 1.29 is 13.5 Å². The van der Waals surface area contributed by atoms with Crippen LogP contribution < -0.4 is 4.72 Å². The molecule has 112 valence electrons. The maximum Gasteiger partial charge on any atom is 0.240 e. The Hall–Kier alpha value is -0.950. The van der Waals surface area contributed by atoms with E-state index in [1.807, 2.05) is 0 Å². The minimum absolute atomic E-state index is 0.154. The number of rotatable bonds is 7. The lowest BCUT2D eigenvalue weighted by Gasteiger charge is -2.14. The van der Waals surface area contributed by atoms with Crippen LogP contribution in [0.4, 0.5) is 0 Å². The summed E-state index contributed by atoms with van der Waals surface area (Å²) < 4.78 is 26.8. The molecule has 1 saturated heterocycles.